The molecular formula is C24H20INO4. The average Bonchev–Trinajstić information content (AvgIpc) is 3.10. The summed E-state index contributed by atoms with van der Waals surface area (Å²) in [5.41, 5.74) is 4.36. The monoisotopic (exact) mass is 513 g/mol. The van der Waals surface area contributed by atoms with Crippen molar-refractivity contribution in [1.29, 1.82) is 0 Å². The van der Waals surface area contributed by atoms with E-state index in [9.17, 15) is 9.90 Å². The largest absolute Gasteiger partial charge is 0.493 e. The Morgan fingerprint density at radius 2 is 1.83 bits per heavy atom. The zero-order valence-electron chi connectivity index (χ0n) is 16.3. The smallest absolute Gasteiger partial charge is 0.307 e. The lowest BCUT2D eigenvalue weighted by molar-refractivity contribution is -0.136. The van der Waals surface area contributed by atoms with Crippen molar-refractivity contribution < 1.29 is 19.4 Å². The highest BCUT2D eigenvalue weighted by molar-refractivity contribution is 14.1. The number of carbonyl (C=O) groups is 1. The van der Waals surface area contributed by atoms with Gasteiger partial charge in [-0.15, -0.1) is 0 Å². The second-order valence-electron chi connectivity index (χ2n) is 6.88. The normalized spacial score (nSPS) is 10.9. The van der Waals surface area contributed by atoms with Crippen LogP contribution < -0.4 is 9.47 Å². The van der Waals surface area contributed by atoms with Crippen molar-refractivity contribution in [2.45, 2.75) is 13.0 Å². The molecule has 4 aromatic rings. The molecule has 1 heterocycles. The Balaban J connectivity index is 1.71. The Bertz CT molecular complexity index is 1200. The van der Waals surface area contributed by atoms with E-state index in [4.69, 9.17) is 9.47 Å². The van der Waals surface area contributed by atoms with E-state index >= 15 is 0 Å². The fourth-order valence-corrected chi connectivity index (χ4v) is 3.97. The first kappa shape index (κ1) is 20.3. The third kappa shape index (κ3) is 4.28. The average molecular weight is 513 g/mol. The summed E-state index contributed by atoms with van der Waals surface area (Å²) in [4.78, 5) is 14.9. The van der Waals surface area contributed by atoms with Gasteiger partial charge in [0.1, 0.15) is 6.61 Å². The molecule has 0 saturated carbocycles. The number of aromatic nitrogens is 1. The molecule has 30 heavy (non-hydrogen) atoms. The van der Waals surface area contributed by atoms with E-state index in [1.807, 2.05) is 66.7 Å². The van der Waals surface area contributed by atoms with Crippen molar-refractivity contribution in [3.8, 4) is 22.8 Å². The maximum atomic E-state index is 11.5. The number of rotatable bonds is 7. The van der Waals surface area contributed by atoms with Crippen LogP contribution in [0.25, 0.3) is 22.2 Å². The van der Waals surface area contributed by atoms with Gasteiger partial charge >= 0.3 is 5.97 Å². The van der Waals surface area contributed by atoms with Gasteiger partial charge in [-0.05, 0) is 70.1 Å². The number of fused-ring (bicyclic) bond motifs is 1. The molecule has 0 amide bonds. The molecule has 0 unspecified atom stereocenters. The molecule has 0 spiro atoms. The van der Waals surface area contributed by atoms with Crippen LogP contribution in [0.3, 0.4) is 0 Å². The first-order valence-electron chi connectivity index (χ1n) is 9.42. The fourth-order valence-electron chi connectivity index (χ4n) is 3.48. The van der Waals surface area contributed by atoms with Crippen molar-refractivity contribution in [2.75, 3.05) is 7.11 Å². The van der Waals surface area contributed by atoms with Crippen LogP contribution in [-0.4, -0.2) is 23.2 Å². The number of aliphatic carboxylic acids is 1. The highest BCUT2D eigenvalue weighted by Gasteiger charge is 2.18. The molecule has 0 bridgehead atoms. The number of methoxy groups -OCH3 is 1. The molecule has 0 fully saturated rings. The molecule has 0 aliphatic rings. The number of hydrogen-bond donors (Lipinski definition) is 2. The zero-order chi connectivity index (χ0) is 21.1. The van der Waals surface area contributed by atoms with Crippen LogP contribution in [-0.2, 0) is 17.8 Å². The Hall–Kier alpha value is -3.00. The summed E-state index contributed by atoms with van der Waals surface area (Å²) >= 11 is 2.23. The van der Waals surface area contributed by atoms with E-state index in [-0.39, 0.29) is 6.42 Å². The van der Waals surface area contributed by atoms with E-state index in [0.717, 1.165) is 36.9 Å². The van der Waals surface area contributed by atoms with Crippen LogP contribution in [0, 0.1) is 3.57 Å². The highest BCUT2D eigenvalue weighted by Crippen LogP contribution is 2.37. The van der Waals surface area contributed by atoms with Crippen LogP contribution in [0.4, 0.5) is 0 Å². The van der Waals surface area contributed by atoms with Gasteiger partial charge in [0.05, 0.1) is 19.2 Å². The van der Waals surface area contributed by atoms with Crippen molar-refractivity contribution in [2.24, 2.45) is 0 Å². The van der Waals surface area contributed by atoms with Gasteiger partial charge in [-0.25, -0.2) is 0 Å². The van der Waals surface area contributed by atoms with E-state index in [2.05, 4.69) is 27.6 Å². The molecule has 0 aliphatic carbocycles. The zero-order valence-corrected chi connectivity index (χ0v) is 18.5. The number of halogens is 1. The Kier molecular flexibility index (Phi) is 5.94. The second-order valence-corrected chi connectivity index (χ2v) is 8.12. The van der Waals surface area contributed by atoms with Crippen LogP contribution in [0.2, 0.25) is 0 Å². The molecule has 6 heteroatoms. The minimum atomic E-state index is -0.870. The number of H-pyrrole nitrogens is 1. The Labute approximate surface area is 187 Å². The summed E-state index contributed by atoms with van der Waals surface area (Å²) in [6, 6.07) is 21.5. The summed E-state index contributed by atoms with van der Waals surface area (Å²) in [5.74, 6) is 0.360. The quantitative estimate of drug-likeness (QED) is 0.313. The van der Waals surface area contributed by atoms with Crippen molar-refractivity contribution in [3.05, 3.63) is 81.4 Å². The Morgan fingerprint density at radius 1 is 1.03 bits per heavy atom. The predicted molar refractivity (Wildman–Crippen MR) is 125 cm³/mol. The summed E-state index contributed by atoms with van der Waals surface area (Å²) in [5, 5.41) is 10.4. The van der Waals surface area contributed by atoms with Gasteiger partial charge in [-0.2, -0.15) is 0 Å². The molecule has 2 N–H and O–H groups in total. The van der Waals surface area contributed by atoms with Crippen molar-refractivity contribution >= 4 is 39.5 Å². The van der Waals surface area contributed by atoms with Gasteiger partial charge in [0, 0.05) is 20.0 Å². The summed E-state index contributed by atoms with van der Waals surface area (Å²) in [6.45, 7) is 0.436. The number of carboxylic acids is 1. The van der Waals surface area contributed by atoms with Crippen LogP contribution >= 0.6 is 22.6 Å². The van der Waals surface area contributed by atoms with E-state index in [1.54, 1.807) is 7.11 Å². The van der Waals surface area contributed by atoms with Gasteiger partial charge in [0.15, 0.2) is 11.5 Å². The lowest BCUT2D eigenvalue weighted by Crippen LogP contribution is -2.01. The van der Waals surface area contributed by atoms with Crippen LogP contribution in [0.15, 0.2) is 66.7 Å². The van der Waals surface area contributed by atoms with Crippen LogP contribution in [0.1, 0.15) is 11.1 Å². The Morgan fingerprint density at radius 3 is 2.57 bits per heavy atom. The van der Waals surface area contributed by atoms with Crippen molar-refractivity contribution in [1.82, 2.24) is 4.98 Å². The topological polar surface area (TPSA) is 71.6 Å². The number of aromatic amines is 1. The maximum absolute atomic E-state index is 11.5. The number of hydrogen-bond acceptors (Lipinski definition) is 3. The molecule has 152 valence electrons. The summed E-state index contributed by atoms with van der Waals surface area (Å²) in [7, 11) is 1.60. The SMILES string of the molecule is COc1cc(-c2[nH]c3ccc(I)cc3c2CC(=O)O)ccc1OCc1ccccc1. The van der Waals surface area contributed by atoms with Crippen molar-refractivity contribution in [3.63, 3.8) is 0 Å². The number of ether oxygens (including phenoxy) is 2. The summed E-state index contributed by atoms with van der Waals surface area (Å²) < 4.78 is 12.6. The molecule has 5 nitrogen and oxygen atoms in total. The van der Waals surface area contributed by atoms with Gasteiger partial charge in [0.25, 0.3) is 0 Å². The molecular weight excluding hydrogens is 493 g/mol. The van der Waals surface area contributed by atoms with E-state index < -0.39 is 5.97 Å². The van der Waals surface area contributed by atoms with Gasteiger partial charge < -0.3 is 19.6 Å². The lowest BCUT2D eigenvalue weighted by atomic mass is 10.0. The van der Waals surface area contributed by atoms with Crippen LogP contribution in [0.5, 0.6) is 11.5 Å². The molecule has 0 saturated heterocycles. The van der Waals surface area contributed by atoms with E-state index in [0.29, 0.717) is 18.1 Å². The van der Waals surface area contributed by atoms with Gasteiger partial charge in [-0.1, -0.05) is 30.3 Å². The molecule has 0 radical (unpaired) electrons. The standard InChI is InChI=1S/C24H20INO4/c1-29-22-11-16(7-10-21(22)30-14-15-5-3-2-4-6-15)24-19(13-23(27)28)18-12-17(25)8-9-20(18)26-24/h2-12,26H,13-14H2,1H3,(H,27,28). The summed E-state index contributed by atoms with van der Waals surface area (Å²) in [6.07, 6.45) is -0.0655. The van der Waals surface area contributed by atoms with Gasteiger partial charge in [-0.3, -0.25) is 4.79 Å². The molecule has 4 rings (SSSR count). The fraction of sp³-hybridized carbons (Fsp3) is 0.125. The molecule has 1 aromatic heterocycles. The highest BCUT2D eigenvalue weighted by atomic mass is 127. The lowest BCUT2D eigenvalue weighted by Gasteiger charge is -2.13. The predicted octanol–water partition coefficient (Wildman–Crippen LogP) is 5.65. The maximum Gasteiger partial charge on any atom is 0.307 e. The third-order valence-electron chi connectivity index (χ3n) is 4.89. The molecule has 0 atom stereocenters. The molecule has 0 aliphatic heterocycles. The number of nitrogens with one attached hydrogen (secondary N) is 1. The second kappa shape index (κ2) is 8.79. The third-order valence-corrected chi connectivity index (χ3v) is 5.56. The number of benzene rings is 3. The minimum Gasteiger partial charge on any atom is -0.493 e. The first-order chi connectivity index (χ1) is 14.5. The van der Waals surface area contributed by atoms with Gasteiger partial charge in [0.2, 0.25) is 0 Å². The molecule has 3 aromatic carbocycles. The van der Waals surface area contributed by atoms with E-state index in [1.165, 1.54) is 0 Å². The first-order valence-corrected chi connectivity index (χ1v) is 10.5. The minimum absolute atomic E-state index is 0.0655. The number of carboxylic acid groups (broad SMARTS) is 1.